The van der Waals surface area contributed by atoms with Crippen LogP contribution in [0.4, 0.5) is 4.79 Å². The van der Waals surface area contributed by atoms with Crippen LogP contribution in [-0.4, -0.2) is 64.8 Å². The molecule has 1 aliphatic rings. The van der Waals surface area contributed by atoms with E-state index in [1.807, 2.05) is 18.2 Å². The molecule has 0 radical (unpaired) electrons. The number of benzene rings is 1. The summed E-state index contributed by atoms with van der Waals surface area (Å²) in [4.78, 5) is 28.8. The van der Waals surface area contributed by atoms with Gasteiger partial charge in [-0.1, -0.05) is 29.8 Å². The molecule has 1 unspecified atom stereocenters. The molecule has 1 aliphatic heterocycles. The average Bonchev–Trinajstić information content (AvgIpc) is 2.59. The van der Waals surface area contributed by atoms with Crippen molar-refractivity contribution in [3.8, 4) is 0 Å². The molecule has 0 spiro atoms. The standard InChI is InChI=1S/C20H29ClN2O4/c1-20(2,3)27-19(26)22(4)17(13-14-7-5-6-8-16(14)21)18(25)23-11-9-15(24)10-12-23/h5-8,15,17,24H,9-13H2,1-4H3. The Labute approximate surface area is 166 Å². The van der Waals surface area contributed by atoms with Crippen LogP contribution in [0, 0.1) is 0 Å². The van der Waals surface area contributed by atoms with E-state index in [1.54, 1.807) is 38.8 Å². The van der Waals surface area contributed by atoms with Crippen molar-refractivity contribution in [2.45, 2.75) is 57.8 Å². The zero-order chi connectivity index (χ0) is 20.2. The van der Waals surface area contributed by atoms with E-state index < -0.39 is 17.7 Å². The normalized spacial score (nSPS) is 16.7. The summed E-state index contributed by atoms with van der Waals surface area (Å²) in [6.07, 6.45) is 0.457. The summed E-state index contributed by atoms with van der Waals surface area (Å²) >= 11 is 6.28. The number of aliphatic hydroxyl groups excluding tert-OH is 1. The minimum Gasteiger partial charge on any atom is -0.444 e. The van der Waals surface area contributed by atoms with E-state index >= 15 is 0 Å². The molecule has 0 aromatic heterocycles. The largest absolute Gasteiger partial charge is 0.444 e. The van der Waals surface area contributed by atoms with Gasteiger partial charge in [-0.3, -0.25) is 9.69 Å². The van der Waals surface area contributed by atoms with Crippen molar-refractivity contribution in [3.63, 3.8) is 0 Å². The van der Waals surface area contributed by atoms with Gasteiger partial charge in [0.1, 0.15) is 11.6 Å². The van der Waals surface area contributed by atoms with Crippen LogP contribution in [0.2, 0.25) is 5.02 Å². The van der Waals surface area contributed by atoms with Crippen LogP contribution in [-0.2, 0) is 16.0 Å². The van der Waals surface area contributed by atoms with Crippen LogP contribution in [0.15, 0.2) is 24.3 Å². The molecule has 150 valence electrons. The second kappa shape index (κ2) is 8.93. The van der Waals surface area contributed by atoms with E-state index in [-0.39, 0.29) is 12.0 Å². The van der Waals surface area contributed by atoms with Crippen molar-refractivity contribution in [3.05, 3.63) is 34.9 Å². The van der Waals surface area contributed by atoms with Gasteiger partial charge in [0.2, 0.25) is 5.91 Å². The number of ether oxygens (including phenoxy) is 1. The van der Waals surface area contributed by atoms with Crippen LogP contribution in [0.5, 0.6) is 0 Å². The highest BCUT2D eigenvalue weighted by Crippen LogP contribution is 2.22. The lowest BCUT2D eigenvalue weighted by Crippen LogP contribution is -2.53. The van der Waals surface area contributed by atoms with Crippen LogP contribution in [0.25, 0.3) is 0 Å². The summed E-state index contributed by atoms with van der Waals surface area (Å²) in [6.45, 7) is 6.31. The molecular weight excluding hydrogens is 368 g/mol. The lowest BCUT2D eigenvalue weighted by Gasteiger charge is -2.36. The summed E-state index contributed by atoms with van der Waals surface area (Å²) < 4.78 is 5.45. The Morgan fingerprint density at radius 1 is 1.30 bits per heavy atom. The van der Waals surface area contributed by atoms with Gasteiger partial charge in [-0.15, -0.1) is 0 Å². The summed E-state index contributed by atoms with van der Waals surface area (Å²) in [6, 6.07) is 6.57. The number of carbonyl (C=O) groups excluding carboxylic acids is 2. The first-order chi connectivity index (χ1) is 12.6. The third-order valence-corrected chi connectivity index (χ3v) is 4.95. The third kappa shape index (κ3) is 6.11. The molecule has 1 aromatic carbocycles. The molecule has 1 fully saturated rings. The van der Waals surface area contributed by atoms with Crippen molar-refractivity contribution in [2.24, 2.45) is 0 Å². The smallest absolute Gasteiger partial charge is 0.410 e. The fraction of sp³-hybridized carbons (Fsp3) is 0.600. The Morgan fingerprint density at radius 2 is 1.89 bits per heavy atom. The van der Waals surface area contributed by atoms with Crippen LogP contribution >= 0.6 is 11.6 Å². The second-order valence-electron chi connectivity index (χ2n) is 7.96. The van der Waals surface area contributed by atoms with Gasteiger partial charge in [0.25, 0.3) is 0 Å². The quantitative estimate of drug-likeness (QED) is 0.848. The van der Waals surface area contributed by atoms with Crippen LogP contribution in [0.3, 0.4) is 0 Å². The summed E-state index contributed by atoms with van der Waals surface area (Å²) in [5, 5.41) is 10.3. The maximum Gasteiger partial charge on any atom is 0.410 e. The lowest BCUT2D eigenvalue weighted by molar-refractivity contribution is -0.138. The number of hydrogen-bond donors (Lipinski definition) is 1. The van der Waals surface area contributed by atoms with Gasteiger partial charge in [-0.05, 0) is 45.2 Å². The van der Waals surface area contributed by atoms with E-state index in [1.165, 1.54) is 4.90 Å². The summed E-state index contributed by atoms with van der Waals surface area (Å²) in [5.41, 5.74) is 0.142. The van der Waals surface area contributed by atoms with Gasteiger partial charge in [0.05, 0.1) is 6.10 Å². The van der Waals surface area contributed by atoms with Gasteiger partial charge < -0.3 is 14.7 Å². The molecule has 1 atom stereocenters. The zero-order valence-corrected chi connectivity index (χ0v) is 17.2. The van der Waals surface area contributed by atoms with Gasteiger partial charge in [-0.25, -0.2) is 4.79 Å². The average molecular weight is 397 g/mol. The summed E-state index contributed by atoms with van der Waals surface area (Å²) in [7, 11) is 1.58. The van der Waals surface area contributed by atoms with Gasteiger partial charge >= 0.3 is 6.09 Å². The minimum atomic E-state index is -0.727. The maximum absolute atomic E-state index is 13.2. The number of carbonyl (C=O) groups is 2. The predicted molar refractivity (Wildman–Crippen MR) is 105 cm³/mol. The zero-order valence-electron chi connectivity index (χ0n) is 16.4. The van der Waals surface area contributed by atoms with E-state index in [2.05, 4.69) is 0 Å². The molecule has 0 bridgehead atoms. The monoisotopic (exact) mass is 396 g/mol. The Hall–Kier alpha value is -1.79. The lowest BCUT2D eigenvalue weighted by atomic mass is 10.0. The SMILES string of the molecule is CN(C(=O)OC(C)(C)C)C(Cc1ccccc1Cl)C(=O)N1CCC(O)CC1. The first-order valence-corrected chi connectivity index (χ1v) is 9.62. The highest BCUT2D eigenvalue weighted by Gasteiger charge is 2.34. The van der Waals surface area contributed by atoms with Crippen molar-refractivity contribution in [1.82, 2.24) is 9.80 Å². The Kier molecular flexibility index (Phi) is 7.12. The molecule has 2 amide bonds. The molecule has 6 nitrogen and oxygen atoms in total. The summed E-state index contributed by atoms with van der Waals surface area (Å²) in [5.74, 6) is -0.157. The van der Waals surface area contributed by atoms with Crippen molar-refractivity contribution < 1.29 is 19.4 Å². The number of aliphatic hydroxyl groups is 1. The minimum absolute atomic E-state index is 0.157. The molecule has 1 aromatic rings. The van der Waals surface area contributed by atoms with Gasteiger partial charge in [0.15, 0.2) is 0 Å². The van der Waals surface area contributed by atoms with Crippen molar-refractivity contribution in [1.29, 1.82) is 0 Å². The molecular formula is C20H29ClN2O4. The number of amides is 2. The molecule has 1 N–H and O–H groups in total. The third-order valence-electron chi connectivity index (χ3n) is 4.58. The molecule has 1 heterocycles. The Balaban J connectivity index is 2.23. The van der Waals surface area contributed by atoms with Crippen molar-refractivity contribution >= 4 is 23.6 Å². The fourth-order valence-electron chi connectivity index (χ4n) is 3.02. The molecule has 1 saturated heterocycles. The number of nitrogens with zero attached hydrogens (tertiary/aromatic N) is 2. The van der Waals surface area contributed by atoms with E-state index in [0.29, 0.717) is 37.4 Å². The van der Waals surface area contributed by atoms with Gasteiger partial charge in [-0.2, -0.15) is 0 Å². The molecule has 0 aliphatic carbocycles. The molecule has 27 heavy (non-hydrogen) atoms. The van der Waals surface area contributed by atoms with Crippen LogP contribution < -0.4 is 0 Å². The second-order valence-corrected chi connectivity index (χ2v) is 8.37. The van der Waals surface area contributed by atoms with Crippen LogP contribution in [0.1, 0.15) is 39.2 Å². The fourth-order valence-corrected chi connectivity index (χ4v) is 3.23. The molecule has 0 saturated carbocycles. The highest BCUT2D eigenvalue weighted by atomic mass is 35.5. The molecule has 7 heteroatoms. The Morgan fingerprint density at radius 3 is 2.44 bits per heavy atom. The number of rotatable bonds is 4. The van der Waals surface area contributed by atoms with E-state index in [4.69, 9.17) is 16.3 Å². The number of piperidine rings is 1. The number of hydrogen-bond acceptors (Lipinski definition) is 4. The van der Waals surface area contributed by atoms with Gasteiger partial charge in [0, 0.05) is 31.6 Å². The van der Waals surface area contributed by atoms with Crippen molar-refractivity contribution in [2.75, 3.05) is 20.1 Å². The number of likely N-dealkylation sites (tertiary alicyclic amines) is 1. The maximum atomic E-state index is 13.2. The first-order valence-electron chi connectivity index (χ1n) is 9.24. The topological polar surface area (TPSA) is 70.1 Å². The Bertz CT molecular complexity index is 666. The number of likely N-dealkylation sites (N-methyl/N-ethyl adjacent to an activating group) is 1. The first kappa shape index (κ1) is 21.5. The molecule has 2 rings (SSSR count). The number of halogens is 1. The predicted octanol–water partition coefficient (Wildman–Crippen LogP) is 3.10. The van der Waals surface area contributed by atoms with E-state index in [9.17, 15) is 14.7 Å². The van der Waals surface area contributed by atoms with E-state index in [0.717, 1.165) is 5.56 Å². The highest BCUT2D eigenvalue weighted by molar-refractivity contribution is 6.31.